The summed E-state index contributed by atoms with van der Waals surface area (Å²) in [6.45, 7) is 3.03. The zero-order chi connectivity index (χ0) is 17.2. The number of piperazine rings is 1. The molecule has 0 radical (unpaired) electrons. The van der Waals surface area contributed by atoms with Gasteiger partial charge in [0.2, 0.25) is 0 Å². The third kappa shape index (κ3) is 3.77. The van der Waals surface area contributed by atoms with Crippen LogP contribution in [-0.2, 0) is 12.8 Å². The number of hydrogen-bond acceptors (Lipinski definition) is 4. The summed E-state index contributed by atoms with van der Waals surface area (Å²) in [5.41, 5.74) is 3.87. The Kier molecular flexibility index (Phi) is 5.96. The SMILES string of the molecule is Cl.O=C(Nc1sccc1C(=O)N1CCNCC1)c1ccc2c(c1)CCC2. The summed E-state index contributed by atoms with van der Waals surface area (Å²) in [6, 6.07) is 7.72. The van der Waals surface area contributed by atoms with Crippen LogP contribution in [0.1, 0.15) is 38.3 Å². The molecule has 138 valence electrons. The second-order valence-electron chi connectivity index (χ2n) is 6.50. The van der Waals surface area contributed by atoms with E-state index in [9.17, 15) is 9.59 Å². The van der Waals surface area contributed by atoms with Gasteiger partial charge in [-0.3, -0.25) is 9.59 Å². The van der Waals surface area contributed by atoms with E-state index in [0.717, 1.165) is 32.4 Å². The number of amides is 2. The van der Waals surface area contributed by atoms with Gasteiger partial charge in [0, 0.05) is 31.7 Å². The molecule has 7 heteroatoms. The molecule has 1 aromatic carbocycles. The normalized spacial score (nSPS) is 15.9. The molecular weight excluding hydrogens is 370 g/mol. The van der Waals surface area contributed by atoms with Crippen molar-refractivity contribution in [2.45, 2.75) is 19.3 Å². The molecule has 0 atom stereocenters. The van der Waals surface area contributed by atoms with E-state index < -0.39 is 0 Å². The number of carbonyl (C=O) groups is 2. The molecule has 0 saturated carbocycles. The van der Waals surface area contributed by atoms with Crippen LogP contribution in [0.4, 0.5) is 5.00 Å². The zero-order valence-corrected chi connectivity index (χ0v) is 16.0. The van der Waals surface area contributed by atoms with Crippen LogP contribution in [0, 0.1) is 0 Å². The number of hydrogen-bond donors (Lipinski definition) is 2. The number of nitrogens with one attached hydrogen (secondary N) is 2. The van der Waals surface area contributed by atoms with Crippen LogP contribution >= 0.6 is 23.7 Å². The molecule has 1 aliphatic carbocycles. The molecule has 2 N–H and O–H groups in total. The summed E-state index contributed by atoms with van der Waals surface area (Å²) in [4.78, 5) is 27.2. The zero-order valence-electron chi connectivity index (χ0n) is 14.4. The van der Waals surface area contributed by atoms with Gasteiger partial charge < -0.3 is 15.5 Å². The van der Waals surface area contributed by atoms with E-state index in [1.54, 1.807) is 6.07 Å². The molecule has 1 fully saturated rings. The first-order valence-corrected chi connectivity index (χ1v) is 9.61. The fraction of sp³-hybridized carbons (Fsp3) is 0.368. The van der Waals surface area contributed by atoms with Crippen LogP contribution in [0.5, 0.6) is 0 Å². The van der Waals surface area contributed by atoms with Gasteiger partial charge in [-0.05, 0) is 54.0 Å². The van der Waals surface area contributed by atoms with Crippen molar-refractivity contribution < 1.29 is 9.59 Å². The summed E-state index contributed by atoms with van der Waals surface area (Å²) >= 11 is 1.40. The minimum atomic E-state index is -0.147. The number of rotatable bonds is 3. The Hall–Kier alpha value is -1.89. The Balaban J connectivity index is 0.00000196. The predicted octanol–water partition coefficient (Wildman–Crippen LogP) is 2.96. The van der Waals surface area contributed by atoms with Crippen LogP contribution < -0.4 is 10.6 Å². The Bertz CT molecular complexity index is 815. The van der Waals surface area contributed by atoms with Crippen LogP contribution in [0.15, 0.2) is 29.6 Å². The molecule has 2 aromatic rings. The van der Waals surface area contributed by atoms with Crippen LogP contribution in [-0.4, -0.2) is 42.9 Å². The van der Waals surface area contributed by atoms with E-state index >= 15 is 0 Å². The number of benzene rings is 1. The lowest BCUT2D eigenvalue weighted by Gasteiger charge is -2.27. The van der Waals surface area contributed by atoms with E-state index in [-0.39, 0.29) is 24.2 Å². The van der Waals surface area contributed by atoms with Gasteiger partial charge in [0.05, 0.1) is 5.56 Å². The second kappa shape index (κ2) is 8.20. The molecule has 0 bridgehead atoms. The molecule has 0 unspecified atom stereocenters. The summed E-state index contributed by atoms with van der Waals surface area (Å²) < 4.78 is 0. The Morgan fingerprint density at radius 1 is 1.08 bits per heavy atom. The first-order valence-electron chi connectivity index (χ1n) is 8.73. The van der Waals surface area contributed by atoms with Gasteiger partial charge in [-0.25, -0.2) is 0 Å². The minimum absolute atomic E-state index is 0. The lowest BCUT2D eigenvalue weighted by molar-refractivity contribution is 0.0737. The van der Waals surface area contributed by atoms with Gasteiger partial charge in [0.15, 0.2) is 0 Å². The highest BCUT2D eigenvalue weighted by Crippen LogP contribution is 2.27. The Morgan fingerprint density at radius 2 is 1.85 bits per heavy atom. The van der Waals surface area contributed by atoms with Crippen LogP contribution in [0.2, 0.25) is 0 Å². The predicted molar refractivity (Wildman–Crippen MR) is 107 cm³/mol. The highest BCUT2D eigenvalue weighted by molar-refractivity contribution is 7.14. The average Bonchev–Trinajstić information content (AvgIpc) is 3.30. The molecule has 1 aromatic heterocycles. The topological polar surface area (TPSA) is 61.4 Å². The van der Waals surface area contributed by atoms with Gasteiger partial charge in [-0.2, -0.15) is 0 Å². The van der Waals surface area contributed by atoms with E-state index in [2.05, 4.69) is 16.7 Å². The summed E-state index contributed by atoms with van der Waals surface area (Å²) in [6.07, 6.45) is 3.31. The molecule has 0 spiro atoms. The maximum absolute atomic E-state index is 12.7. The molecule has 2 aliphatic rings. The first kappa shape index (κ1) is 18.9. The van der Waals surface area contributed by atoms with E-state index in [4.69, 9.17) is 0 Å². The van der Waals surface area contributed by atoms with Gasteiger partial charge in [0.1, 0.15) is 5.00 Å². The number of fused-ring (bicyclic) bond motifs is 1. The van der Waals surface area contributed by atoms with Gasteiger partial charge in [-0.1, -0.05) is 6.07 Å². The average molecular weight is 392 g/mol. The van der Waals surface area contributed by atoms with Gasteiger partial charge in [-0.15, -0.1) is 23.7 Å². The monoisotopic (exact) mass is 391 g/mol. The number of anilines is 1. The molecule has 1 aliphatic heterocycles. The van der Waals surface area contributed by atoms with Crippen LogP contribution in [0.3, 0.4) is 0 Å². The molecule has 2 amide bonds. The first-order chi connectivity index (χ1) is 12.2. The van der Waals surface area contributed by atoms with Crippen molar-refractivity contribution in [2.24, 2.45) is 0 Å². The molecule has 5 nitrogen and oxygen atoms in total. The number of nitrogens with zero attached hydrogens (tertiary/aromatic N) is 1. The molecule has 2 heterocycles. The van der Waals surface area contributed by atoms with Crippen molar-refractivity contribution in [1.29, 1.82) is 0 Å². The standard InChI is InChI=1S/C19H21N3O2S.ClH/c23-17(15-5-4-13-2-1-3-14(13)12-15)21-18-16(6-11-25-18)19(24)22-9-7-20-8-10-22;/h4-6,11-12,20H,1-3,7-10H2,(H,21,23);1H. The molecular formula is C19H22ClN3O2S. The van der Waals surface area contributed by atoms with E-state index in [0.29, 0.717) is 29.2 Å². The molecule has 1 saturated heterocycles. The maximum Gasteiger partial charge on any atom is 0.256 e. The molecule has 4 rings (SSSR count). The number of aryl methyl sites for hydroxylation is 2. The minimum Gasteiger partial charge on any atom is -0.336 e. The van der Waals surface area contributed by atoms with Gasteiger partial charge >= 0.3 is 0 Å². The fourth-order valence-electron chi connectivity index (χ4n) is 3.50. The number of halogens is 1. The smallest absolute Gasteiger partial charge is 0.256 e. The molecule has 26 heavy (non-hydrogen) atoms. The van der Waals surface area contributed by atoms with Gasteiger partial charge in [0.25, 0.3) is 11.8 Å². The Labute approximate surface area is 163 Å². The second-order valence-corrected chi connectivity index (χ2v) is 7.41. The van der Waals surface area contributed by atoms with Crippen LogP contribution in [0.25, 0.3) is 0 Å². The maximum atomic E-state index is 12.7. The Morgan fingerprint density at radius 3 is 2.65 bits per heavy atom. The fourth-order valence-corrected chi connectivity index (χ4v) is 4.28. The number of thiophene rings is 1. The summed E-state index contributed by atoms with van der Waals surface area (Å²) in [7, 11) is 0. The quantitative estimate of drug-likeness (QED) is 0.845. The summed E-state index contributed by atoms with van der Waals surface area (Å²) in [5, 5.41) is 8.67. The van der Waals surface area contributed by atoms with Crippen molar-refractivity contribution in [3.8, 4) is 0 Å². The lowest BCUT2D eigenvalue weighted by Crippen LogP contribution is -2.46. The van der Waals surface area contributed by atoms with Crippen molar-refractivity contribution >= 4 is 40.6 Å². The highest BCUT2D eigenvalue weighted by Gasteiger charge is 2.23. The third-order valence-electron chi connectivity index (χ3n) is 4.89. The lowest BCUT2D eigenvalue weighted by atomic mass is 10.1. The van der Waals surface area contributed by atoms with Crippen molar-refractivity contribution in [3.63, 3.8) is 0 Å². The van der Waals surface area contributed by atoms with Crippen molar-refractivity contribution in [1.82, 2.24) is 10.2 Å². The number of carbonyl (C=O) groups excluding carboxylic acids is 2. The highest BCUT2D eigenvalue weighted by atomic mass is 35.5. The summed E-state index contributed by atoms with van der Waals surface area (Å²) in [5.74, 6) is -0.154. The van der Waals surface area contributed by atoms with E-state index in [1.807, 2.05) is 22.4 Å². The van der Waals surface area contributed by atoms with Crippen molar-refractivity contribution in [3.05, 3.63) is 51.9 Å². The third-order valence-corrected chi connectivity index (χ3v) is 5.72. The van der Waals surface area contributed by atoms with Crippen molar-refractivity contribution in [2.75, 3.05) is 31.5 Å². The largest absolute Gasteiger partial charge is 0.336 e. The van der Waals surface area contributed by atoms with E-state index in [1.165, 1.54) is 22.5 Å².